The number of rotatable bonds is 4. The van der Waals surface area contributed by atoms with Crippen LogP contribution in [0.5, 0.6) is 0 Å². The maximum Gasteiger partial charge on any atom is 0.283 e. The topological polar surface area (TPSA) is 46.5 Å². The average Bonchev–Trinajstić information content (AvgIpc) is 2.62. The summed E-state index contributed by atoms with van der Waals surface area (Å²) in [4.78, 5) is 1.04. The molecule has 0 bridgehead atoms. The Balaban J connectivity index is 2.05. The predicted molar refractivity (Wildman–Crippen MR) is 109 cm³/mol. The first kappa shape index (κ1) is 18.7. The highest BCUT2D eigenvalue weighted by atomic mass is 35.5. The second-order valence-electron chi connectivity index (χ2n) is 5.61. The van der Waals surface area contributed by atoms with Crippen LogP contribution in [0.15, 0.2) is 93.1 Å². The molecule has 0 unspecified atom stereocenters. The molecule has 0 aliphatic rings. The van der Waals surface area contributed by atoms with Crippen LogP contribution in [0, 0.1) is 6.92 Å². The van der Waals surface area contributed by atoms with Crippen molar-refractivity contribution < 1.29 is 8.42 Å². The number of hydrogen-bond donors (Lipinski definition) is 0. The first-order valence-electron chi connectivity index (χ1n) is 7.84. The largest absolute Gasteiger partial charge is 0.283 e. The second kappa shape index (κ2) is 8.08. The van der Waals surface area contributed by atoms with Gasteiger partial charge in [-0.25, -0.2) is 0 Å². The smallest absolute Gasteiger partial charge is 0.199 e. The number of benzene rings is 3. The number of thioether (sulfide) groups is 1. The van der Waals surface area contributed by atoms with E-state index in [-0.39, 0.29) is 4.90 Å². The highest BCUT2D eigenvalue weighted by Crippen LogP contribution is 2.27. The minimum atomic E-state index is -3.85. The van der Waals surface area contributed by atoms with E-state index in [0.717, 1.165) is 16.0 Å². The van der Waals surface area contributed by atoms with Gasteiger partial charge in [-0.05, 0) is 43.3 Å². The monoisotopic (exact) mass is 401 g/mol. The van der Waals surface area contributed by atoms with Crippen molar-refractivity contribution >= 4 is 38.4 Å². The van der Waals surface area contributed by atoms with Crippen LogP contribution in [-0.4, -0.2) is 13.5 Å². The predicted octanol–water partition coefficient (Wildman–Crippen LogP) is 5.58. The summed E-state index contributed by atoms with van der Waals surface area (Å²) in [5, 5.41) is 0.900. The molecule has 0 saturated heterocycles. The summed E-state index contributed by atoms with van der Waals surface area (Å²) in [5.74, 6) is 0. The fourth-order valence-corrected chi connectivity index (χ4v) is 4.62. The molecule has 3 aromatic carbocycles. The summed E-state index contributed by atoms with van der Waals surface area (Å²) >= 11 is 7.18. The van der Waals surface area contributed by atoms with Crippen LogP contribution in [0.25, 0.3) is 0 Å². The summed E-state index contributed by atoms with van der Waals surface area (Å²) in [6.45, 7) is 1.99. The third-order valence-electron chi connectivity index (χ3n) is 3.54. The first-order chi connectivity index (χ1) is 12.4. The minimum absolute atomic E-state index is 0.111. The third kappa shape index (κ3) is 4.75. The van der Waals surface area contributed by atoms with Crippen LogP contribution in [0.1, 0.15) is 11.1 Å². The zero-order valence-electron chi connectivity index (χ0n) is 14.0. The minimum Gasteiger partial charge on any atom is -0.199 e. The number of halogens is 1. The number of aryl methyl sites for hydroxylation is 1. The van der Waals surface area contributed by atoms with Gasteiger partial charge in [-0.3, -0.25) is 0 Å². The van der Waals surface area contributed by atoms with Crippen molar-refractivity contribution in [3.8, 4) is 0 Å². The molecule has 0 atom stereocenters. The van der Waals surface area contributed by atoms with Gasteiger partial charge in [0.05, 0.1) is 4.90 Å². The maximum atomic E-state index is 12.7. The Morgan fingerprint density at radius 2 is 1.62 bits per heavy atom. The lowest BCUT2D eigenvalue weighted by Gasteiger charge is -2.08. The van der Waals surface area contributed by atoms with Gasteiger partial charge in [0, 0.05) is 15.5 Å². The molecular formula is C20H16ClNO2S2. The Hall–Kier alpha value is -2.08. The van der Waals surface area contributed by atoms with Gasteiger partial charge in [0.1, 0.15) is 5.04 Å². The van der Waals surface area contributed by atoms with Crippen LogP contribution in [-0.2, 0) is 10.0 Å². The first-order valence-corrected chi connectivity index (χ1v) is 10.5. The van der Waals surface area contributed by atoms with Gasteiger partial charge < -0.3 is 0 Å². The maximum absolute atomic E-state index is 12.7. The van der Waals surface area contributed by atoms with Crippen LogP contribution in [0.2, 0.25) is 5.02 Å². The zero-order chi connectivity index (χ0) is 18.6. The SMILES string of the molecule is Cc1cccc(S/C(=N\S(=O)(=O)c2ccc(Cl)cc2)c2ccccc2)c1. The number of hydrogen-bond acceptors (Lipinski definition) is 3. The molecular weight excluding hydrogens is 386 g/mol. The van der Waals surface area contributed by atoms with Gasteiger partial charge in [-0.1, -0.05) is 71.4 Å². The molecule has 0 aliphatic carbocycles. The van der Waals surface area contributed by atoms with E-state index in [1.54, 1.807) is 12.1 Å². The summed E-state index contributed by atoms with van der Waals surface area (Å²) in [6.07, 6.45) is 0. The zero-order valence-corrected chi connectivity index (χ0v) is 16.4. The van der Waals surface area contributed by atoms with Crippen LogP contribution >= 0.6 is 23.4 Å². The van der Waals surface area contributed by atoms with Crippen molar-refractivity contribution in [3.63, 3.8) is 0 Å². The van der Waals surface area contributed by atoms with Crippen LogP contribution < -0.4 is 0 Å². The lowest BCUT2D eigenvalue weighted by atomic mass is 10.2. The molecule has 3 aromatic rings. The quantitative estimate of drug-likeness (QED) is 0.326. The van der Waals surface area contributed by atoms with Crippen LogP contribution in [0.4, 0.5) is 0 Å². The van der Waals surface area contributed by atoms with Gasteiger partial charge in [-0.2, -0.15) is 12.8 Å². The van der Waals surface area contributed by atoms with E-state index in [1.165, 1.54) is 23.9 Å². The van der Waals surface area contributed by atoms with E-state index < -0.39 is 10.0 Å². The summed E-state index contributed by atoms with van der Waals surface area (Å²) in [7, 11) is -3.85. The molecule has 0 fully saturated rings. The van der Waals surface area contributed by atoms with Gasteiger partial charge in [0.2, 0.25) is 0 Å². The van der Waals surface area contributed by atoms with E-state index in [9.17, 15) is 8.42 Å². The lowest BCUT2D eigenvalue weighted by molar-refractivity contribution is 0.598. The molecule has 132 valence electrons. The molecule has 0 radical (unpaired) electrons. The standard InChI is InChI=1S/C20H16ClNO2S2/c1-15-6-5-9-18(14-15)25-20(16-7-3-2-4-8-16)22-26(23,24)19-12-10-17(21)11-13-19/h2-14H,1H3/b22-20-. The normalized spacial score (nSPS) is 12.2. The van der Waals surface area contributed by atoms with Gasteiger partial charge in [0.25, 0.3) is 10.0 Å². The number of sulfonamides is 1. The molecule has 0 saturated carbocycles. The molecule has 0 heterocycles. The van der Waals surface area contributed by atoms with Gasteiger partial charge in [-0.15, -0.1) is 0 Å². The summed E-state index contributed by atoms with van der Waals surface area (Å²) < 4.78 is 29.6. The van der Waals surface area contributed by atoms with E-state index in [0.29, 0.717) is 10.1 Å². The Morgan fingerprint density at radius 1 is 0.923 bits per heavy atom. The second-order valence-corrected chi connectivity index (χ2v) is 8.71. The fraction of sp³-hybridized carbons (Fsp3) is 0.0500. The highest BCUT2D eigenvalue weighted by Gasteiger charge is 2.16. The third-order valence-corrected chi connectivity index (χ3v) is 6.21. The van der Waals surface area contributed by atoms with E-state index >= 15 is 0 Å². The molecule has 3 nitrogen and oxygen atoms in total. The molecule has 0 aromatic heterocycles. The average molecular weight is 402 g/mol. The molecule has 26 heavy (non-hydrogen) atoms. The molecule has 0 amide bonds. The van der Waals surface area contributed by atoms with E-state index in [2.05, 4.69) is 4.40 Å². The molecule has 0 N–H and O–H groups in total. The van der Waals surface area contributed by atoms with Gasteiger partial charge >= 0.3 is 0 Å². The molecule has 3 rings (SSSR count). The van der Waals surface area contributed by atoms with Crippen molar-refractivity contribution in [3.05, 3.63) is 95.0 Å². The van der Waals surface area contributed by atoms with Crippen molar-refractivity contribution in [1.29, 1.82) is 0 Å². The highest BCUT2D eigenvalue weighted by molar-refractivity contribution is 8.15. The van der Waals surface area contributed by atoms with Crippen molar-refractivity contribution in [2.75, 3.05) is 0 Å². The molecule has 0 aliphatic heterocycles. The Bertz CT molecular complexity index is 1030. The van der Waals surface area contributed by atoms with Crippen molar-refractivity contribution in [1.82, 2.24) is 0 Å². The lowest BCUT2D eigenvalue weighted by Crippen LogP contribution is -2.03. The Morgan fingerprint density at radius 3 is 2.27 bits per heavy atom. The van der Waals surface area contributed by atoms with Gasteiger partial charge in [0.15, 0.2) is 0 Å². The Kier molecular flexibility index (Phi) is 5.81. The number of nitrogens with zero attached hydrogens (tertiary/aromatic N) is 1. The van der Waals surface area contributed by atoms with Crippen molar-refractivity contribution in [2.24, 2.45) is 4.40 Å². The van der Waals surface area contributed by atoms with E-state index in [1.807, 2.05) is 61.5 Å². The summed E-state index contributed by atoms with van der Waals surface area (Å²) in [6, 6.07) is 23.2. The fourth-order valence-electron chi connectivity index (χ4n) is 2.27. The van der Waals surface area contributed by atoms with E-state index in [4.69, 9.17) is 11.6 Å². The molecule has 0 spiro atoms. The van der Waals surface area contributed by atoms with Crippen LogP contribution in [0.3, 0.4) is 0 Å². The molecule has 6 heteroatoms. The summed E-state index contributed by atoms with van der Waals surface area (Å²) in [5.41, 5.74) is 1.85. The van der Waals surface area contributed by atoms with Crippen molar-refractivity contribution in [2.45, 2.75) is 16.7 Å². The Labute approximate surface area is 162 Å².